The molecule has 5 heteroatoms. The highest BCUT2D eigenvalue weighted by Gasteiger charge is 2.10. The molecule has 0 unspecified atom stereocenters. The van der Waals surface area contributed by atoms with Crippen LogP contribution in [-0.2, 0) is 6.42 Å². The van der Waals surface area contributed by atoms with Gasteiger partial charge in [-0.05, 0) is 42.3 Å². The number of carbonyl (C=O) groups excluding carboxylic acids is 1. The number of amides is 1. The summed E-state index contributed by atoms with van der Waals surface area (Å²) in [5.41, 5.74) is 6.66. The van der Waals surface area contributed by atoms with Crippen LogP contribution in [0, 0.1) is 0 Å². The summed E-state index contributed by atoms with van der Waals surface area (Å²) in [4.78, 5) is 11.4. The number of halogens is 1. The van der Waals surface area contributed by atoms with Crippen molar-refractivity contribution in [2.24, 2.45) is 5.73 Å². The first-order chi connectivity index (χ1) is 9.60. The van der Waals surface area contributed by atoms with Crippen molar-refractivity contribution in [3.8, 4) is 11.5 Å². The zero-order chi connectivity index (χ0) is 14.5. The van der Waals surface area contributed by atoms with Crippen molar-refractivity contribution in [2.45, 2.75) is 6.42 Å². The molecular formula is C15H14BrNO3. The zero-order valence-corrected chi connectivity index (χ0v) is 12.3. The summed E-state index contributed by atoms with van der Waals surface area (Å²) in [7, 11) is 0. The van der Waals surface area contributed by atoms with Gasteiger partial charge < -0.3 is 15.6 Å². The standard InChI is InChI=1S/C15H14BrNO3/c16-11-3-6-13(15(17)19)14(9-11)20-12-4-1-10(2-5-12)7-8-18/h1-6,9,18H,7-8H2,(H2,17,19). The summed E-state index contributed by atoms with van der Waals surface area (Å²) < 4.78 is 6.49. The van der Waals surface area contributed by atoms with Gasteiger partial charge in [0, 0.05) is 11.1 Å². The second-order valence-electron chi connectivity index (χ2n) is 4.22. The number of aliphatic hydroxyl groups excluding tert-OH is 1. The molecule has 0 saturated carbocycles. The molecule has 20 heavy (non-hydrogen) atoms. The average molecular weight is 336 g/mol. The normalized spacial score (nSPS) is 10.3. The van der Waals surface area contributed by atoms with E-state index < -0.39 is 5.91 Å². The highest BCUT2D eigenvalue weighted by atomic mass is 79.9. The monoisotopic (exact) mass is 335 g/mol. The van der Waals surface area contributed by atoms with Crippen molar-refractivity contribution in [2.75, 3.05) is 6.61 Å². The van der Waals surface area contributed by atoms with Crippen LogP contribution >= 0.6 is 15.9 Å². The lowest BCUT2D eigenvalue weighted by molar-refractivity contribution is 0.0998. The van der Waals surface area contributed by atoms with E-state index in [0.717, 1.165) is 10.0 Å². The quantitative estimate of drug-likeness (QED) is 0.882. The number of ether oxygens (including phenoxy) is 1. The highest BCUT2D eigenvalue weighted by molar-refractivity contribution is 9.10. The number of nitrogens with two attached hydrogens (primary N) is 1. The third kappa shape index (κ3) is 3.59. The molecule has 2 aromatic rings. The molecule has 2 rings (SSSR count). The first-order valence-electron chi connectivity index (χ1n) is 6.07. The Hall–Kier alpha value is -1.85. The molecule has 0 aromatic heterocycles. The van der Waals surface area contributed by atoms with Crippen LogP contribution in [0.4, 0.5) is 0 Å². The summed E-state index contributed by atoms with van der Waals surface area (Å²) in [5, 5.41) is 8.86. The minimum Gasteiger partial charge on any atom is -0.456 e. The van der Waals surface area contributed by atoms with Crippen LogP contribution in [0.25, 0.3) is 0 Å². The fraction of sp³-hybridized carbons (Fsp3) is 0.133. The smallest absolute Gasteiger partial charge is 0.252 e. The van der Waals surface area contributed by atoms with Crippen LogP contribution in [0.5, 0.6) is 11.5 Å². The average Bonchev–Trinajstić information content (AvgIpc) is 2.41. The molecule has 0 saturated heterocycles. The van der Waals surface area contributed by atoms with Gasteiger partial charge >= 0.3 is 0 Å². The maximum Gasteiger partial charge on any atom is 0.252 e. The number of benzene rings is 2. The molecule has 0 bridgehead atoms. The van der Waals surface area contributed by atoms with E-state index in [9.17, 15) is 4.79 Å². The zero-order valence-electron chi connectivity index (χ0n) is 10.7. The number of hydrogen-bond acceptors (Lipinski definition) is 3. The lowest BCUT2D eigenvalue weighted by atomic mass is 10.1. The van der Waals surface area contributed by atoms with Crippen LogP contribution in [-0.4, -0.2) is 17.6 Å². The van der Waals surface area contributed by atoms with E-state index >= 15 is 0 Å². The molecule has 0 heterocycles. The van der Waals surface area contributed by atoms with Crippen LogP contribution in [0.3, 0.4) is 0 Å². The molecule has 0 aliphatic heterocycles. The third-order valence-electron chi connectivity index (χ3n) is 2.76. The summed E-state index contributed by atoms with van der Waals surface area (Å²) in [5.74, 6) is 0.471. The van der Waals surface area contributed by atoms with E-state index in [0.29, 0.717) is 23.5 Å². The van der Waals surface area contributed by atoms with Crippen molar-refractivity contribution in [1.29, 1.82) is 0 Å². The van der Waals surface area contributed by atoms with Gasteiger partial charge in [-0.15, -0.1) is 0 Å². The van der Waals surface area contributed by atoms with Crippen molar-refractivity contribution < 1.29 is 14.6 Å². The molecule has 0 atom stereocenters. The molecule has 2 aromatic carbocycles. The van der Waals surface area contributed by atoms with E-state index in [1.807, 2.05) is 12.1 Å². The van der Waals surface area contributed by atoms with E-state index in [4.69, 9.17) is 15.6 Å². The van der Waals surface area contributed by atoms with Crippen molar-refractivity contribution in [3.63, 3.8) is 0 Å². The molecule has 0 fully saturated rings. The van der Waals surface area contributed by atoms with Gasteiger partial charge in [0.25, 0.3) is 5.91 Å². The van der Waals surface area contributed by atoms with Crippen LogP contribution in [0.2, 0.25) is 0 Å². The molecule has 4 nitrogen and oxygen atoms in total. The Bertz CT molecular complexity index is 611. The third-order valence-corrected chi connectivity index (χ3v) is 3.25. The van der Waals surface area contributed by atoms with E-state index in [1.165, 1.54) is 0 Å². The maximum atomic E-state index is 11.4. The topological polar surface area (TPSA) is 72.6 Å². The number of rotatable bonds is 5. The summed E-state index contributed by atoms with van der Waals surface area (Å²) in [6, 6.07) is 12.4. The molecule has 0 aliphatic rings. The van der Waals surface area contributed by atoms with Gasteiger partial charge in [-0.25, -0.2) is 0 Å². The molecule has 1 amide bonds. The van der Waals surface area contributed by atoms with Crippen LogP contribution < -0.4 is 10.5 Å². The Labute approximate surface area is 125 Å². The number of hydrogen-bond donors (Lipinski definition) is 2. The maximum absolute atomic E-state index is 11.4. The highest BCUT2D eigenvalue weighted by Crippen LogP contribution is 2.28. The molecule has 0 spiro atoms. The van der Waals surface area contributed by atoms with Gasteiger partial charge in [-0.1, -0.05) is 28.1 Å². The Morgan fingerprint density at radius 2 is 1.90 bits per heavy atom. The van der Waals surface area contributed by atoms with Gasteiger partial charge in [-0.3, -0.25) is 4.79 Å². The van der Waals surface area contributed by atoms with Gasteiger partial charge in [0.05, 0.1) is 5.56 Å². The molecule has 0 radical (unpaired) electrons. The second kappa shape index (κ2) is 6.54. The summed E-state index contributed by atoms with van der Waals surface area (Å²) >= 11 is 3.33. The minimum absolute atomic E-state index is 0.109. The van der Waals surface area contributed by atoms with Crippen molar-refractivity contribution in [1.82, 2.24) is 0 Å². The lowest BCUT2D eigenvalue weighted by Gasteiger charge is -2.10. The number of carbonyl (C=O) groups is 1. The van der Waals surface area contributed by atoms with E-state index in [-0.39, 0.29) is 6.61 Å². The Kier molecular flexibility index (Phi) is 4.76. The summed E-state index contributed by atoms with van der Waals surface area (Å²) in [6.07, 6.45) is 0.601. The van der Waals surface area contributed by atoms with Crippen LogP contribution in [0.1, 0.15) is 15.9 Å². The Balaban J connectivity index is 2.25. The first kappa shape index (κ1) is 14.6. The first-order valence-corrected chi connectivity index (χ1v) is 6.86. The SMILES string of the molecule is NC(=O)c1ccc(Br)cc1Oc1ccc(CCO)cc1. The molecule has 0 aliphatic carbocycles. The van der Waals surface area contributed by atoms with Gasteiger partial charge in [0.1, 0.15) is 11.5 Å². The fourth-order valence-electron chi connectivity index (χ4n) is 1.76. The van der Waals surface area contributed by atoms with Crippen molar-refractivity contribution in [3.05, 3.63) is 58.1 Å². The van der Waals surface area contributed by atoms with Gasteiger partial charge in [-0.2, -0.15) is 0 Å². The number of aliphatic hydroxyl groups is 1. The minimum atomic E-state index is -0.538. The van der Waals surface area contributed by atoms with E-state index in [1.54, 1.807) is 30.3 Å². The molecular weight excluding hydrogens is 322 g/mol. The predicted molar refractivity (Wildman–Crippen MR) is 80.0 cm³/mol. The largest absolute Gasteiger partial charge is 0.456 e. The Morgan fingerprint density at radius 1 is 1.20 bits per heavy atom. The van der Waals surface area contributed by atoms with Gasteiger partial charge in [0.2, 0.25) is 0 Å². The predicted octanol–water partition coefficient (Wildman–Crippen LogP) is 2.88. The number of primary amides is 1. The molecule has 104 valence electrons. The van der Waals surface area contributed by atoms with Crippen molar-refractivity contribution >= 4 is 21.8 Å². The second-order valence-corrected chi connectivity index (χ2v) is 5.14. The fourth-order valence-corrected chi connectivity index (χ4v) is 2.10. The van der Waals surface area contributed by atoms with Crippen LogP contribution in [0.15, 0.2) is 46.9 Å². The summed E-state index contributed by atoms with van der Waals surface area (Å²) in [6.45, 7) is 0.109. The van der Waals surface area contributed by atoms with E-state index in [2.05, 4.69) is 15.9 Å². The molecule has 3 N–H and O–H groups in total. The lowest BCUT2D eigenvalue weighted by Crippen LogP contribution is -2.12. The Morgan fingerprint density at radius 3 is 2.50 bits per heavy atom. The van der Waals surface area contributed by atoms with Gasteiger partial charge in [0.15, 0.2) is 0 Å².